The van der Waals surface area contributed by atoms with Gasteiger partial charge in [-0.25, -0.2) is 0 Å². The van der Waals surface area contributed by atoms with Crippen LogP contribution in [0.3, 0.4) is 0 Å². The van der Waals surface area contributed by atoms with Crippen molar-refractivity contribution >= 4 is 0 Å². The topological polar surface area (TPSA) is 9.72 Å². The predicted molar refractivity (Wildman–Crippen MR) is 52.5 cm³/mol. The fourth-order valence-electron chi connectivity index (χ4n) is 1.36. The largest absolute Gasteiger partial charge is 0.304 e. The molecule has 1 heterocycles. The minimum absolute atomic E-state index is 0. The molecule has 1 saturated heterocycles. The number of likely N-dealkylation sites (N-methyl/N-ethyl adjacent to an activating group) is 3. The van der Waals surface area contributed by atoms with Crippen LogP contribution < -0.4 is 0 Å². The van der Waals surface area contributed by atoms with Crippen LogP contribution in [0.1, 0.15) is 0 Å². The van der Waals surface area contributed by atoms with Gasteiger partial charge in [-0.1, -0.05) is 0 Å². The maximum atomic E-state index is 2.40. The van der Waals surface area contributed by atoms with Crippen molar-refractivity contribution in [3.8, 4) is 0 Å². The number of hydrogen-bond acceptors (Lipinski definition) is 3. The van der Waals surface area contributed by atoms with Crippen molar-refractivity contribution in [2.75, 3.05) is 60.4 Å². The zero-order valence-electron chi connectivity index (χ0n) is 8.89. The van der Waals surface area contributed by atoms with Crippen LogP contribution in [0, 0.1) is 0 Å². The van der Waals surface area contributed by atoms with E-state index in [1.54, 1.807) is 0 Å². The van der Waals surface area contributed by atoms with Gasteiger partial charge in [0, 0.05) is 56.3 Å². The van der Waals surface area contributed by atoms with E-state index < -0.39 is 0 Å². The second kappa shape index (κ2) is 6.79. The molecule has 4 heteroatoms. The second-order valence-corrected chi connectivity index (χ2v) is 3.91. The van der Waals surface area contributed by atoms with E-state index in [4.69, 9.17) is 0 Å². The summed E-state index contributed by atoms with van der Waals surface area (Å²) in [7, 11) is 6.60. The van der Waals surface area contributed by atoms with E-state index in [1.807, 2.05) is 0 Å². The normalized spacial score (nSPS) is 24.2. The van der Waals surface area contributed by atoms with Gasteiger partial charge in [0.05, 0.1) is 0 Å². The molecule has 1 fully saturated rings. The van der Waals surface area contributed by atoms with Crippen molar-refractivity contribution in [3.63, 3.8) is 0 Å². The molecule has 0 aromatic rings. The average molecular weight is 235 g/mol. The third-order valence-electron chi connectivity index (χ3n) is 2.59. The molecule has 0 bridgehead atoms. The van der Waals surface area contributed by atoms with Crippen LogP contribution in [0.4, 0.5) is 0 Å². The van der Waals surface area contributed by atoms with Gasteiger partial charge in [0.1, 0.15) is 0 Å². The third kappa shape index (κ3) is 5.65. The first-order valence-electron chi connectivity index (χ1n) is 4.74. The second-order valence-electron chi connectivity index (χ2n) is 3.91. The van der Waals surface area contributed by atoms with Gasteiger partial charge < -0.3 is 14.7 Å². The monoisotopic (exact) mass is 235 g/mol. The molecule has 13 heavy (non-hydrogen) atoms. The van der Waals surface area contributed by atoms with Crippen molar-refractivity contribution in [1.29, 1.82) is 0 Å². The predicted octanol–water partition coefficient (Wildman–Crippen LogP) is -0.207. The van der Waals surface area contributed by atoms with Crippen LogP contribution in [-0.4, -0.2) is 75.1 Å². The molecule has 1 aliphatic rings. The Morgan fingerprint density at radius 1 is 0.538 bits per heavy atom. The van der Waals surface area contributed by atoms with Crippen LogP contribution in [0.15, 0.2) is 0 Å². The molecule has 0 aromatic heterocycles. The maximum Gasteiger partial charge on any atom is 0.0107 e. The molecule has 0 saturated carbocycles. The number of nitrogens with zero attached hydrogens (tertiary/aromatic N) is 3. The van der Waals surface area contributed by atoms with E-state index in [-0.39, 0.29) is 17.1 Å². The first-order valence-corrected chi connectivity index (χ1v) is 4.74. The molecule has 0 aromatic carbocycles. The molecule has 0 unspecified atom stereocenters. The molecule has 83 valence electrons. The van der Waals surface area contributed by atoms with E-state index >= 15 is 0 Å². The Kier molecular flexibility index (Phi) is 7.00. The molecule has 0 spiro atoms. The van der Waals surface area contributed by atoms with E-state index in [0.717, 1.165) is 0 Å². The molecule has 3 nitrogen and oxygen atoms in total. The zero-order valence-corrected chi connectivity index (χ0v) is 9.83. The van der Waals surface area contributed by atoms with Crippen LogP contribution in [0.2, 0.25) is 0 Å². The first-order chi connectivity index (χ1) is 5.68. The summed E-state index contributed by atoms with van der Waals surface area (Å²) in [6.07, 6.45) is 0. The Morgan fingerprint density at radius 3 is 0.846 bits per heavy atom. The molecule has 0 atom stereocenters. The van der Waals surface area contributed by atoms with E-state index in [0.29, 0.717) is 0 Å². The number of rotatable bonds is 0. The van der Waals surface area contributed by atoms with Crippen molar-refractivity contribution in [2.24, 2.45) is 0 Å². The van der Waals surface area contributed by atoms with Crippen molar-refractivity contribution in [2.45, 2.75) is 0 Å². The Morgan fingerprint density at radius 2 is 0.692 bits per heavy atom. The van der Waals surface area contributed by atoms with Gasteiger partial charge in [0.2, 0.25) is 0 Å². The molecule has 1 aliphatic heterocycles. The molecule has 0 aliphatic carbocycles. The summed E-state index contributed by atoms with van der Waals surface area (Å²) in [4.78, 5) is 7.20. The summed E-state index contributed by atoms with van der Waals surface area (Å²) < 4.78 is 0. The summed E-state index contributed by atoms with van der Waals surface area (Å²) in [5.41, 5.74) is 0. The zero-order chi connectivity index (χ0) is 8.97. The van der Waals surface area contributed by atoms with E-state index in [1.165, 1.54) is 39.3 Å². The minimum atomic E-state index is 0. The van der Waals surface area contributed by atoms with Crippen LogP contribution in [-0.2, 0) is 17.1 Å². The van der Waals surface area contributed by atoms with E-state index in [9.17, 15) is 0 Å². The van der Waals surface area contributed by atoms with Gasteiger partial charge in [-0.15, -0.1) is 0 Å². The maximum absolute atomic E-state index is 2.40. The van der Waals surface area contributed by atoms with Crippen molar-refractivity contribution in [1.82, 2.24) is 14.7 Å². The first kappa shape index (κ1) is 13.4. The SMILES string of the molecule is CN1CCN(C)CCN(C)CC1.[64Cu]. The van der Waals surface area contributed by atoms with Gasteiger partial charge >= 0.3 is 0 Å². The standard InChI is InChI=1S/C9H21N3.Cu/c1-10-4-6-11(2)8-9-12(3)7-5-10;/h4-9H2,1-3H3;/i;1+0. The van der Waals surface area contributed by atoms with E-state index in [2.05, 4.69) is 35.8 Å². The fourth-order valence-corrected chi connectivity index (χ4v) is 1.36. The molecular weight excluding hydrogens is 214 g/mol. The van der Waals surface area contributed by atoms with Crippen LogP contribution in [0.5, 0.6) is 0 Å². The molecule has 0 N–H and O–H groups in total. The molecule has 1 radical (unpaired) electrons. The summed E-state index contributed by atoms with van der Waals surface area (Å²) in [6.45, 7) is 7.19. The Balaban J connectivity index is 0.00000144. The van der Waals surface area contributed by atoms with Gasteiger partial charge in [-0.05, 0) is 21.1 Å². The molecular formula is C9H21CuN3. The summed E-state index contributed by atoms with van der Waals surface area (Å²) in [5.74, 6) is 0. The van der Waals surface area contributed by atoms with Gasteiger partial charge in [0.15, 0.2) is 0 Å². The third-order valence-corrected chi connectivity index (χ3v) is 2.59. The van der Waals surface area contributed by atoms with Gasteiger partial charge in [-0.2, -0.15) is 0 Å². The Bertz CT molecular complexity index is 96.3. The molecule has 1 rings (SSSR count). The fraction of sp³-hybridized carbons (Fsp3) is 1.00. The summed E-state index contributed by atoms with van der Waals surface area (Å²) >= 11 is 0. The van der Waals surface area contributed by atoms with Crippen LogP contribution >= 0.6 is 0 Å². The quantitative estimate of drug-likeness (QED) is 0.538. The van der Waals surface area contributed by atoms with Crippen molar-refractivity contribution in [3.05, 3.63) is 0 Å². The Labute approximate surface area is 92.5 Å². The summed E-state index contributed by atoms with van der Waals surface area (Å²) in [6, 6.07) is 0. The van der Waals surface area contributed by atoms with Crippen LogP contribution in [0.25, 0.3) is 0 Å². The molecule has 0 amide bonds. The Hall–Kier alpha value is 0.399. The number of hydrogen-bond donors (Lipinski definition) is 0. The van der Waals surface area contributed by atoms with Gasteiger partial charge in [0.25, 0.3) is 0 Å². The smallest absolute Gasteiger partial charge is 0.0107 e. The van der Waals surface area contributed by atoms with Gasteiger partial charge in [-0.3, -0.25) is 0 Å². The van der Waals surface area contributed by atoms with Crippen molar-refractivity contribution < 1.29 is 17.1 Å². The average Bonchev–Trinajstić information content (AvgIpc) is 2.11. The summed E-state index contributed by atoms with van der Waals surface area (Å²) in [5, 5.41) is 0. The minimum Gasteiger partial charge on any atom is -0.304 e.